The van der Waals surface area contributed by atoms with E-state index in [2.05, 4.69) is 216 Å². The van der Waals surface area contributed by atoms with Crippen LogP contribution in [0, 0.1) is 0 Å². The molecule has 8 aromatic carbocycles. The number of para-hydroxylation sites is 3. The van der Waals surface area contributed by atoms with E-state index in [1.807, 2.05) is 0 Å². The highest BCUT2D eigenvalue weighted by Crippen LogP contribution is 2.43. The number of anilines is 3. The molecule has 0 saturated carbocycles. The molecule has 0 saturated heterocycles. The molecule has 0 aliphatic rings. The maximum Gasteiger partial charge on any atom is 0.0541 e. The largest absolute Gasteiger partial charge is 0.310 e. The van der Waals surface area contributed by atoms with Crippen LogP contribution in [0.2, 0.25) is 0 Å². The minimum Gasteiger partial charge on any atom is -0.310 e. The van der Waals surface area contributed by atoms with Gasteiger partial charge >= 0.3 is 0 Å². The Morgan fingerprint density at radius 1 is 0.320 bits per heavy atom. The summed E-state index contributed by atoms with van der Waals surface area (Å²) in [4.78, 5) is 2.37. The molecule has 236 valence electrons. The van der Waals surface area contributed by atoms with Crippen LogP contribution in [0.4, 0.5) is 17.1 Å². The zero-order valence-electron chi connectivity index (χ0n) is 27.5. The highest BCUT2D eigenvalue weighted by molar-refractivity contribution is 6.09. The maximum atomic E-state index is 2.38. The van der Waals surface area contributed by atoms with E-state index in [4.69, 9.17) is 0 Å². The molecule has 0 unspecified atom stereocenters. The Morgan fingerprint density at radius 2 is 0.800 bits per heavy atom. The summed E-state index contributed by atoms with van der Waals surface area (Å²) >= 11 is 0. The summed E-state index contributed by atoms with van der Waals surface area (Å²) in [5.74, 6) is 0. The number of rotatable bonds is 7. The van der Waals surface area contributed by atoms with Gasteiger partial charge in [0.2, 0.25) is 0 Å². The van der Waals surface area contributed by atoms with Gasteiger partial charge in [-0.15, -0.1) is 0 Å². The second-order valence-electron chi connectivity index (χ2n) is 12.6. The first-order valence-electron chi connectivity index (χ1n) is 17.1. The average molecular weight is 639 g/mol. The van der Waals surface area contributed by atoms with Gasteiger partial charge in [0.15, 0.2) is 0 Å². The van der Waals surface area contributed by atoms with Gasteiger partial charge in [0.05, 0.1) is 16.7 Å². The standard InChI is InChI=1S/C48H34N2/c1-4-15-35(16-5-1)39-29-32-48(45(34-39)37-17-6-2-7-18-37)49(40-20-8-3-9-21-40)41-30-27-36(28-31-41)38-19-14-22-42(33-38)50-46-25-12-10-23-43(46)44-24-11-13-26-47(44)50/h1-34H. The fourth-order valence-corrected chi connectivity index (χ4v) is 7.22. The van der Waals surface area contributed by atoms with Crippen molar-refractivity contribution >= 4 is 38.9 Å². The van der Waals surface area contributed by atoms with Crippen molar-refractivity contribution in [1.82, 2.24) is 4.57 Å². The van der Waals surface area contributed by atoms with Crippen molar-refractivity contribution < 1.29 is 0 Å². The first kappa shape index (κ1) is 29.5. The average Bonchev–Trinajstić information content (AvgIpc) is 3.54. The third-order valence-corrected chi connectivity index (χ3v) is 9.59. The van der Waals surface area contributed by atoms with Crippen molar-refractivity contribution in [3.05, 3.63) is 206 Å². The highest BCUT2D eigenvalue weighted by Gasteiger charge is 2.19. The van der Waals surface area contributed by atoms with Crippen LogP contribution in [0.15, 0.2) is 206 Å². The van der Waals surface area contributed by atoms with E-state index in [1.165, 1.54) is 55.2 Å². The lowest BCUT2D eigenvalue weighted by atomic mass is 9.96. The molecule has 2 heteroatoms. The third kappa shape index (κ3) is 5.34. The smallest absolute Gasteiger partial charge is 0.0541 e. The van der Waals surface area contributed by atoms with Crippen LogP contribution in [0.5, 0.6) is 0 Å². The second-order valence-corrected chi connectivity index (χ2v) is 12.6. The van der Waals surface area contributed by atoms with E-state index < -0.39 is 0 Å². The minimum absolute atomic E-state index is 1.10. The van der Waals surface area contributed by atoms with Gasteiger partial charge in [-0.05, 0) is 88.5 Å². The summed E-state index contributed by atoms with van der Waals surface area (Å²) in [7, 11) is 0. The van der Waals surface area contributed by atoms with Gasteiger partial charge in [-0.1, -0.05) is 146 Å². The van der Waals surface area contributed by atoms with E-state index in [0.717, 1.165) is 22.7 Å². The van der Waals surface area contributed by atoms with E-state index in [0.29, 0.717) is 0 Å². The molecule has 2 nitrogen and oxygen atoms in total. The van der Waals surface area contributed by atoms with Crippen LogP contribution in [0.1, 0.15) is 0 Å². The van der Waals surface area contributed by atoms with Crippen LogP contribution in [-0.4, -0.2) is 4.57 Å². The molecule has 0 amide bonds. The fourth-order valence-electron chi connectivity index (χ4n) is 7.22. The number of aromatic nitrogens is 1. The van der Waals surface area contributed by atoms with Gasteiger partial charge in [-0.25, -0.2) is 0 Å². The molecule has 0 aliphatic carbocycles. The number of hydrogen-bond acceptors (Lipinski definition) is 1. The molecular formula is C48H34N2. The van der Waals surface area contributed by atoms with Crippen molar-refractivity contribution in [2.24, 2.45) is 0 Å². The number of nitrogens with zero attached hydrogens (tertiary/aromatic N) is 2. The van der Waals surface area contributed by atoms with Gasteiger partial charge in [0.1, 0.15) is 0 Å². The number of fused-ring (bicyclic) bond motifs is 3. The van der Waals surface area contributed by atoms with Gasteiger partial charge in [0.25, 0.3) is 0 Å². The van der Waals surface area contributed by atoms with E-state index in [-0.39, 0.29) is 0 Å². The second kappa shape index (κ2) is 12.8. The summed E-state index contributed by atoms with van der Waals surface area (Å²) in [5, 5.41) is 2.54. The minimum atomic E-state index is 1.10. The molecule has 0 radical (unpaired) electrons. The lowest BCUT2D eigenvalue weighted by Gasteiger charge is -2.28. The van der Waals surface area contributed by atoms with Gasteiger partial charge < -0.3 is 9.47 Å². The predicted octanol–water partition coefficient (Wildman–Crippen LogP) is 13.3. The van der Waals surface area contributed by atoms with Crippen molar-refractivity contribution in [3.63, 3.8) is 0 Å². The zero-order chi connectivity index (χ0) is 33.3. The van der Waals surface area contributed by atoms with E-state index >= 15 is 0 Å². The predicted molar refractivity (Wildman–Crippen MR) is 212 cm³/mol. The Hall–Kier alpha value is -6.64. The molecule has 0 bridgehead atoms. The van der Waals surface area contributed by atoms with Crippen molar-refractivity contribution in [2.45, 2.75) is 0 Å². The topological polar surface area (TPSA) is 8.17 Å². The quantitative estimate of drug-likeness (QED) is 0.169. The van der Waals surface area contributed by atoms with Crippen molar-refractivity contribution in [3.8, 4) is 39.1 Å². The molecular weight excluding hydrogens is 605 g/mol. The van der Waals surface area contributed by atoms with Crippen molar-refractivity contribution in [2.75, 3.05) is 4.90 Å². The van der Waals surface area contributed by atoms with Crippen LogP contribution in [0.3, 0.4) is 0 Å². The van der Waals surface area contributed by atoms with E-state index in [9.17, 15) is 0 Å². The van der Waals surface area contributed by atoms with E-state index in [1.54, 1.807) is 0 Å². The summed E-state index contributed by atoms with van der Waals surface area (Å²) < 4.78 is 2.38. The summed E-state index contributed by atoms with van der Waals surface area (Å²) in [6.45, 7) is 0. The maximum absolute atomic E-state index is 2.38. The van der Waals surface area contributed by atoms with Crippen LogP contribution in [0.25, 0.3) is 60.9 Å². The number of hydrogen-bond donors (Lipinski definition) is 0. The monoisotopic (exact) mass is 638 g/mol. The first-order valence-corrected chi connectivity index (χ1v) is 17.1. The summed E-state index contributed by atoms with van der Waals surface area (Å²) in [6, 6.07) is 74.0. The molecule has 0 fully saturated rings. The highest BCUT2D eigenvalue weighted by atomic mass is 15.1. The summed E-state index contributed by atoms with van der Waals surface area (Å²) in [5.41, 5.74) is 14.0. The van der Waals surface area contributed by atoms with Crippen LogP contribution >= 0.6 is 0 Å². The molecule has 1 aromatic heterocycles. The van der Waals surface area contributed by atoms with Gasteiger partial charge in [-0.2, -0.15) is 0 Å². The first-order chi connectivity index (χ1) is 24.8. The molecule has 9 aromatic rings. The molecule has 0 spiro atoms. The number of benzene rings is 8. The van der Waals surface area contributed by atoms with Crippen molar-refractivity contribution in [1.29, 1.82) is 0 Å². The lowest BCUT2D eigenvalue weighted by Crippen LogP contribution is -2.11. The molecule has 0 N–H and O–H groups in total. The molecule has 1 heterocycles. The summed E-state index contributed by atoms with van der Waals surface area (Å²) in [6.07, 6.45) is 0. The molecule has 9 rings (SSSR count). The Labute approximate surface area is 292 Å². The zero-order valence-corrected chi connectivity index (χ0v) is 27.5. The Bertz CT molecular complexity index is 2510. The fraction of sp³-hybridized carbons (Fsp3) is 0. The molecule has 0 aliphatic heterocycles. The Kier molecular flexibility index (Phi) is 7.53. The third-order valence-electron chi connectivity index (χ3n) is 9.59. The van der Waals surface area contributed by atoms with Gasteiger partial charge in [-0.3, -0.25) is 0 Å². The SMILES string of the molecule is c1ccc(-c2ccc(N(c3ccccc3)c3ccc(-c4cccc(-n5c6ccccc6c6ccccc65)c4)cc3)c(-c3ccccc3)c2)cc1. The normalized spacial score (nSPS) is 11.2. The Morgan fingerprint density at radius 3 is 1.46 bits per heavy atom. The molecule has 50 heavy (non-hydrogen) atoms. The lowest BCUT2D eigenvalue weighted by molar-refractivity contribution is 1.18. The Balaban J connectivity index is 1.15. The molecule has 0 atom stereocenters. The van der Waals surface area contributed by atoms with Gasteiger partial charge in [0, 0.05) is 33.4 Å². The van der Waals surface area contributed by atoms with Crippen LogP contribution < -0.4 is 4.90 Å². The van der Waals surface area contributed by atoms with Crippen LogP contribution in [-0.2, 0) is 0 Å².